The number of aromatic hydroxyl groups is 1. The standard InChI is InChI=1S/C12H17N3O3/c1-2-9(7-11(13)15-18)14-12(17)8-3-5-10(16)6-4-8/h3-6,9,16,18H,2,7H2,1H3,(H2,13,15)(H,14,17). The van der Waals surface area contributed by atoms with Crippen LogP contribution in [0.5, 0.6) is 5.75 Å². The number of carbonyl (C=O) groups excluding carboxylic acids is 1. The summed E-state index contributed by atoms with van der Waals surface area (Å²) in [5.74, 6) is -0.0734. The largest absolute Gasteiger partial charge is 0.508 e. The number of phenols is 1. The van der Waals surface area contributed by atoms with Crippen molar-refractivity contribution in [1.29, 1.82) is 0 Å². The summed E-state index contributed by atoms with van der Waals surface area (Å²) in [4.78, 5) is 11.9. The number of phenolic OH excluding ortho intramolecular Hbond substituents is 1. The topological polar surface area (TPSA) is 108 Å². The van der Waals surface area contributed by atoms with Gasteiger partial charge in [-0.2, -0.15) is 0 Å². The molecule has 0 aliphatic heterocycles. The lowest BCUT2D eigenvalue weighted by Gasteiger charge is -2.16. The molecular formula is C12H17N3O3. The van der Waals surface area contributed by atoms with Crippen molar-refractivity contribution in [2.75, 3.05) is 0 Å². The van der Waals surface area contributed by atoms with Crippen molar-refractivity contribution in [2.24, 2.45) is 10.9 Å². The van der Waals surface area contributed by atoms with Crippen LogP contribution in [0, 0.1) is 0 Å². The van der Waals surface area contributed by atoms with Crippen molar-refractivity contribution in [3.05, 3.63) is 29.8 Å². The fourth-order valence-corrected chi connectivity index (χ4v) is 1.47. The monoisotopic (exact) mass is 251 g/mol. The lowest BCUT2D eigenvalue weighted by Crippen LogP contribution is -2.37. The SMILES string of the molecule is CCC(CC(N)=NO)NC(=O)c1ccc(O)cc1. The van der Waals surface area contributed by atoms with Gasteiger partial charge in [-0.25, -0.2) is 0 Å². The number of nitrogens with zero attached hydrogens (tertiary/aromatic N) is 1. The van der Waals surface area contributed by atoms with Crippen molar-refractivity contribution < 1.29 is 15.1 Å². The predicted molar refractivity (Wildman–Crippen MR) is 67.7 cm³/mol. The zero-order valence-corrected chi connectivity index (χ0v) is 10.1. The molecule has 0 bridgehead atoms. The molecule has 98 valence electrons. The van der Waals surface area contributed by atoms with E-state index in [4.69, 9.17) is 16.0 Å². The Morgan fingerprint density at radius 1 is 1.44 bits per heavy atom. The highest BCUT2D eigenvalue weighted by Gasteiger charge is 2.13. The average Bonchev–Trinajstić information content (AvgIpc) is 2.38. The van der Waals surface area contributed by atoms with Gasteiger partial charge in [0.1, 0.15) is 11.6 Å². The van der Waals surface area contributed by atoms with Gasteiger partial charge in [0.05, 0.1) is 0 Å². The zero-order chi connectivity index (χ0) is 13.5. The molecule has 0 heterocycles. The van der Waals surface area contributed by atoms with Gasteiger partial charge in [-0.1, -0.05) is 12.1 Å². The normalized spacial score (nSPS) is 13.1. The summed E-state index contributed by atoms with van der Waals surface area (Å²) in [5, 5.41) is 23.3. The predicted octanol–water partition coefficient (Wildman–Crippen LogP) is 1.04. The Balaban J connectivity index is 2.64. The van der Waals surface area contributed by atoms with E-state index in [-0.39, 0.29) is 30.0 Å². The van der Waals surface area contributed by atoms with E-state index in [1.165, 1.54) is 24.3 Å². The maximum atomic E-state index is 11.9. The van der Waals surface area contributed by atoms with Crippen LogP contribution in [0.3, 0.4) is 0 Å². The van der Waals surface area contributed by atoms with Crippen molar-refractivity contribution in [2.45, 2.75) is 25.8 Å². The maximum absolute atomic E-state index is 11.9. The molecule has 0 saturated heterocycles. The van der Waals surface area contributed by atoms with E-state index in [9.17, 15) is 4.79 Å². The van der Waals surface area contributed by atoms with Gasteiger partial charge in [0.2, 0.25) is 0 Å². The Kier molecular flexibility index (Phi) is 4.98. The highest BCUT2D eigenvalue weighted by atomic mass is 16.4. The Morgan fingerprint density at radius 2 is 2.06 bits per heavy atom. The molecule has 1 unspecified atom stereocenters. The highest BCUT2D eigenvalue weighted by Crippen LogP contribution is 2.10. The summed E-state index contributed by atoms with van der Waals surface area (Å²) < 4.78 is 0. The summed E-state index contributed by atoms with van der Waals surface area (Å²) in [7, 11) is 0. The second kappa shape index (κ2) is 6.48. The first-order valence-corrected chi connectivity index (χ1v) is 5.63. The van der Waals surface area contributed by atoms with E-state index in [0.29, 0.717) is 12.0 Å². The van der Waals surface area contributed by atoms with Crippen LogP contribution >= 0.6 is 0 Å². The number of nitrogens with one attached hydrogen (secondary N) is 1. The van der Waals surface area contributed by atoms with Crippen LogP contribution in [-0.2, 0) is 0 Å². The maximum Gasteiger partial charge on any atom is 0.251 e. The molecule has 1 amide bonds. The molecule has 1 rings (SSSR count). The van der Waals surface area contributed by atoms with Gasteiger partial charge < -0.3 is 21.4 Å². The Bertz CT molecular complexity index is 429. The Labute approximate surface area is 105 Å². The number of nitrogens with two attached hydrogens (primary N) is 1. The van der Waals surface area contributed by atoms with Crippen LogP contribution in [0.25, 0.3) is 0 Å². The number of amidine groups is 1. The van der Waals surface area contributed by atoms with E-state index >= 15 is 0 Å². The van der Waals surface area contributed by atoms with Gasteiger partial charge in [0.15, 0.2) is 0 Å². The van der Waals surface area contributed by atoms with E-state index < -0.39 is 0 Å². The molecule has 5 N–H and O–H groups in total. The van der Waals surface area contributed by atoms with Crippen molar-refractivity contribution in [1.82, 2.24) is 5.32 Å². The lowest BCUT2D eigenvalue weighted by molar-refractivity contribution is 0.0937. The fraction of sp³-hybridized carbons (Fsp3) is 0.333. The minimum atomic E-state index is -0.257. The van der Waals surface area contributed by atoms with E-state index in [2.05, 4.69) is 10.5 Å². The van der Waals surface area contributed by atoms with E-state index in [1.807, 2.05) is 6.92 Å². The summed E-state index contributed by atoms with van der Waals surface area (Å²) in [6.45, 7) is 1.90. The van der Waals surface area contributed by atoms with Crippen molar-refractivity contribution in [3.63, 3.8) is 0 Å². The number of hydrogen-bond donors (Lipinski definition) is 4. The van der Waals surface area contributed by atoms with Crippen molar-refractivity contribution in [3.8, 4) is 5.75 Å². The van der Waals surface area contributed by atoms with Gasteiger partial charge in [-0.05, 0) is 30.7 Å². The second-order valence-corrected chi connectivity index (χ2v) is 3.92. The molecule has 0 spiro atoms. The molecule has 18 heavy (non-hydrogen) atoms. The number of benzene rings is 1. The van der Waals surface area contributed by atoms with E-state index in [0.717, 1.165) is 0 Å². The molecule has 0 aliphatic carbocycles. The minimum Gasteiger partial charge on any atom is -0.508 e. The number of oxime groups is 1. The third-order valence-electron chi connectivity index (χ3n) is 2.54. The minimum absolute atomic E-state index is 0.0767. The first kappa shape index (κ1) is 13.8. The third kappa shape index (κ3) is 3.97. The van der Waals surface area contributed by atoms with Gasteiger partial charge in [0.25, 0.3) is 5.91 Å². The molecule has 6 nitrogen and oxygen atoms in total. The molecule has 0 fully saturated rings. The number of hydrogen-bond acceptors (Lipinski definition) is 4. The summed E-state index contributed by atoms with van der Waals surface area (Å²) in [5.41, 5.74) is 5.85. The number of amides is 1. The van der Waals surface area contributed by atoms with Gasteiger partial charge in [0, 0.05) is 18.0 Å². The summed E-state index contributed by atoms with van der Waals surface area (Å²) >= 11 is 0. The zero-order valence-electron chi connectivity index (χ0n) is 10.1. The first-order valence-electron chi connectivity index (χ1n) is 5.63. The van der Waals surface area contributed by atoms with Gasteiger partial charge in [-0.3, -0.25) is 4.79 Å². The average molecular weight is 251 g/mol. The summed E-state index contributed by atoms with van der Waals surface area (Å²) in [6, 6.07) is 5.75. The second-order valence-electron chi connectivity index (χ2n) is 3.92. The quantitative estimate of drug-likeness (QED) is 0.271. The van der Waals surface area contributed by atoms with Crippen molar-refractivity contribution >= 4 is 11.7 Å². The molecule has 0 aliphatic rings. The van der Waals surface area contributed by atoms with Crippen LogP contribution in [0.4, 0.5) is 0 Å². The van der Waals surface area contributed by atoms with Crippen LogP contribution < -0.4 is 11.1 Å². The molecule has 0 radical (unpaired) electrons. The fourth-order valence-electron chi connectivity index (χ4n) is 1.47. The van der Waals surface area contributed by atoms with Gasteiger partial charge in [-0.15, -0.1) is 0 Å². The first-order chi connectivity index (χ1) is 8.56. The van der Waals surface area contributed by atoms with Gasteiger partial charge >= 0.3 is 0 Å². The van der Waals surface area contributed by atoms with E-state index in [1.54, 1.807) is 0 Å². The van der Waals surface area contributed by atoms with Crippen LogP contribution in [-0.4, -0.2) is 28.1 Å². The molecule has 1 aromatic carbocycles. The molecule has 6 heteroatoms. The molecule has 1 aromatic rings. The Morgan fingerprint density at radius 3 is 2.56 bits per heavy atom. The van der Waals surface area contributed by atoms with Crippen LogP contribution in [0.2, 0.25) is 0 Å². The van der Waals surface area contributed by atoms with Crippen LogP contribution in [0.15, 0.2) is 29.4 Å². The molecule has 0 aromatic heterocycles. The van der Waals surface area contributed by atoms with Crippen LogP contribution in [0.1, 0.15) is 30.1 Å². The Hall–Kier alpha value is -2.24. The third-order valence-corrected chi connectivity index (χ3v) is 2.54. The molecule has 1 atom stereocenters. The highest BCUT2D eigenvalue weighted by molar-refractivity contribution is 5.94. The molecule has 0 saturated carbocycles. The smallest absolute Gasteiger partial charge is 0.251 e. The molecular weight excluding hydrogens is 234 g/mol. The summed E-state index contributed by atoms with van der Waals surface area (Å²) in [6.07, 6.45) is 0.955. The number of rotatable bonds is 5. The lowest BCUT2D eigenvalue weighted by atomic mass is 10.1. The number of carbonyl (C=O) groups is 1.